The van der Waals surface area contributed by atoms with Crippen LogP contribution in [0.4, 0.5) is 0 Å². The van der Waals surface area contributed by atoms with E-state index >= 15 is 0 Å². The van der Waals surface area contributed by atoms with Crippen molar-refractivity contribution in [3.05, 3.63) is 22.9 Å². The normalized spacial score (nSPS) is 13.8. The zero-order valence-corrected chi connectivity index (χ0v) is 6.79. The van der Waals surface area contributed by atoms with Gasteiger partial charge in [0.25, 0.3) is 0 Å². The molecule has 0 unspecified atom stereocenters. The van der Waals surface area contributed by atoms with Crippen molar-refractivity contribution >= 4 is 11.6 Å². The van der Waals surface area contributed by atoms with Gasteiger partial charge in [0.05, 0.1) is 0 Å². The summed E-state index contributed by atoms with van der Waals surface area (Å²) in [6, 6.07) is 0. The quantitative estimate of drug-likeness (QED) is 0.464. The molecule has 0 aromatic carbocycles. The molecular formula is C7H12ClN. The fourth-order valence-electron chi connectivity index (χ4n) is 0.355. The van der Waals surface area contributed by atoms with E-state index < -0.39 is 0 Å². The van der Waals surface area contributed by atoms with Crippen LogP contribution in [0.15, 0.2) is 22.9 Å². The second kappa shape index (κ2) is 4.45. The van der Waals surface area contributed by atoms with Crippen molar-refractivity contribution in [2.45, 2.75) is 13.8 Å². The first-order valence-electron chi connectivity index (χ1n) is 2.88. The summed E-state index contributed by atoms with van der Waals surface area (Å²) in [5.74, 6) is 0. The molecule has 0 fully saturated rings. The summed E-state index contributed by atoms with van der Waals surface area (Å²) in [7, 11) is 1.79. The first-order chi connectivity index (χ1) is 4.20. The highest BCUT2D eigenvalue weighted by Crippen LogP contribution is 2.01. The number of hydrogen-bond acceptors (Lipinski definition) is 1. The highest BCUT2D eigenvalue weighted by atomic mass is 35.5. The predicted molar refractivity (Wildman–Crippen MR) is 42.4 cm³/mol. The van der Waals surface area contributed by atoms with Crippen molar-refractivity contribution in [1.82, 2.24) is 5.32 Å². The van der Waals surface area contributed by atoms with Crippen molar-refractivity contribution in [3.8, 4) is 0 Å². The minimum absolute atomic E-state index is 0.672. The average Bonchev–Trinajstić information content (AvgIpc) is 1.87. The standard InChI is InChI=1S/C7H12ClN/c1-4-6(2)5-7(8)9-3/h4-5,9H,1-3H3/b6-4+,7-5-. The molecule has 0 aliphatic carbocycles. The average molecular weight is 146 g/mol. The smallest absolute Gasteiger partial charge is 0.102 e. The summed E-state index contributed by atoms with van der Waals surface area (Å²) in [6.07, 6.45) is 3.88. The topological polar surface area (TPSA) is 12.0 Å². The van der Waals surface area contributed by atoms with E-state index in [1.165, 1.54) is 0 Å². The molecule has 0 rings (SSSR count). The van der Waals surface area contributed by atoms with Crippen LogP contribution in [0.3, 0.4) is 0 Å². The lowest BCUT2D eigenvalue weighted by molar-refractivity contribution is 1.07. The van der Waals surface area contributed by atoms with E-state index in [1.807, 2.05) is 26.0 Å². The van der Waals surface area contributed by atoms with Gasteiger partial charge in [-0.25, -0.2) is 0 Å². The Morgan fingerprint density at radius 1 is 1.56 bits per heavy atom. The Bertz CT molecular complexity index is 136. The van der Waals surface area contributed by atoms with Crippen LogP contribution in [0.2, 0.25) is 0 Å². The minimum Gasteiger partial charge on any atom is -0.379 e. The third-order valence-electron chi connectivity index (χ3n) is 1.05. The second-order valence-corrected chi connectivity index (χ2v) is 2.18. The highest BCUT2D eigenvalue weighted by Gasteiger charge is 1.83. The van der Waals surface area contributed by atoms with E-state index in [9.17, 15) is 0 Å². The minimum atomic E-state index is 0.672. The van der Waals surface area contributed by atoms with E-state index in [0.717, 1.165) is 5.57 Å². The van der Waals surface area contributed by atoms with E-state index in [2.05, 4.69) is 5.32 Å². The van der Waals surface area contributed by atoms with Gasteiger partial charge in [0.1, 0.15) is 5.16 Å². The first kappa shape index (κ1) is 8.57. The van der Waals surface area contributed by atoms with Crippen molar-refractivity contribution in [1.29, 1.82) is 0 Å². The lowest BCUT2D eigenvalue weighted by atomic mass is 10.3. The molecule has 0 heterocycles. The molecule has 0 aliphatic rings. The third-order valence-corrected chi connectivity index (χ3v) is 1.35. The van der Waals surface area contributed by atoms with Gasteiger partial charge >= 0.3 is 0 Å². The Kier molecular flexibility index (Phi) is 4.24. The van der Waals surface area contributed by atoms with Crippen LogP contribution in [-0.2, 0) is 0 Å². The molecule has 52 valence electrons. The first-order valence-corrected chi connectivity index (χ1v) is 3.26. The monoisotopic (exact) mass is 145 g/mol. The SMILES string of the molecule is C/C=C(C)/C=C(/Cl)NC. The van der Waals surface area contributed by atoms with Gasteiger partial charge in [-0.05, 0) is 19.9 Å². The molecule has 1 nitrogen and oxygen atoms in total. The van der Waals surface area contributed by atoms with Gasteiger partial charge < -0.3 is 5.32 Å². The number of rotatable bonds is 2. The van der Waals surface area contributed by atoms with Crippen molar-refractivity contribution < 1.29 is 0 Å². The summed E-state index contributed by atoms with van der Waals surface area (Å²) in [4.78, 5) is 0. The number of allylic oxidation sites excluding steroid dienone is 3. The van der Waals surface area contributed by atoms with Gasteiger partial charge in [-0.1, -0.05) is 23.3 Å². The zero-order chi connectivity index (χ0) is 7.28. The molecule has 0 amide bonds. The zero-order valence-electron chi connectivity index (χ0n) is 6.03. The van der Waals surface area contributed by atoms with Gasteiger partial charge in [0.2, 0.25) is 0 Å². The Morgan fingerprint density at radius 2 is 2.11 bits per heavy atom. The molecule has 0 spiro atoms. The van der Waals surface area contributed by atoms with Gasteiger partial charge in [-0.3, -0.25) is 0 Å². The fourth-order valence-corrected chi connectivity index (χ4v) is 0.527. The molecule has 0 atom stereocenters. The Hall–Kier alpha value is -0.430. The van der Waals surface area contributed by atoms with Crippen LogP contribution in [0, 0.1) is 0 Å². The van der Waals surface area contributed by atoms with E-state index in [4.69, 9.17) is 11.6 Å². The lowest BCUT2D eigenvalue weighted by Crippen LogP contribution is -1.98. The summed E-state index contributed by atoms with van der Waals surface area (Å²) >= 11 is 5.65. The molecule has 0 saturated heterocycles. The fraction of sp³-hybridized carbons (Fsp3) is 0.429. The largest absolute Gasteiger partial charge is 0.379 e. The summed E-state index contributed by atoms with van der Waals surface area (Å²) in [5.41, 5.74) is 1.16. The van der Waals surface area contributed by atoms with Crippen molar-refractivity contribution in [3.63, 3.8) is 0 Å². The number of hydrogen-bond donors (Lipinski definition) is 1. The van der Waals surface area contributed by atoms with Crippen LogP contribution < -0.4 is 5.32 Å². The van der Waals surface area contributed by atoms with Crippen LogP contribution >= 0.6 is 11.6 Å². The summed E-state index contributed by atoms with van der Waals surface area (Å²) in [6.45, 7) is 3.98. The van der Waals surface area contributed by atoms with Crippen LogP contribution in [0.5, 0.6) is 0 Å². The van der Waals surface area contributed by atoms with Crippen LogP contribution in [-0.4, -0.2) is 7.05 Å². The molecular weight excluding hydrogens is 134 g/mol. The molecule has 0 radical (unpaired) electrons. The molecule has 0 bridgehead atoms. The van der Waals surface area contributed by atoms with Gasteiger partial charge in [0, 0.05) is 7.05 Å². The van der Waals surface area contributed by atoms with Gasteiger partial charge in [-0.15, -0.1) is 0 Å². The number of nitrogens with one attached hydrogen (secondary N) is 1. The van der Waals surface area contributed by atoms with Crippen LogP contribution in [0.1, 0.15) is 13.8 Å². The van der Waals surface area contributed by atoms with E-state index in [1.54, 1.807) is 7.05 Å². The summed E-state index contributed by atoms with van der Waals surface area (Å²) < 4.78 is 0. The summed E-state index contributed by atoms with van der Waals surface area (Å²) in [5, 5.41) is 3.49. The van der Waals surface area contributed by atoms with E-state index in [0.29, 0.717) is 5.16 Å². The third kappa shape index (κ3) is 4.10. The molecule has 0 aromatic rings. The van der Waals surface area contributed by atoms with Gasteiger partial charge in [0.15, 0.2) is 0 Å². The molecule has 0 saturated carbocycles. The highest BCUT2D eigenvalue weighted by molar-refractivity contribution is 6.29. The Morgan fingerprint density at radius 3 is 2.44 bits per heavy atom. The molecule has 1 N–H and O–H groups in total. The Labute approximate surface area is 61.4 Å². The lowest BCUT2D eigenvalue weighted by Gasteiger charge is -1.94. The Balaban J connectivity index is 3.95. The van der Waals surface area contributed by atoms with E-state index in [-0.39, 0.29) is 0 Å². The maximum Gasteiger partial charge on any atom is 0.102 e. The second-order valence-electron chi connectivity index (χ2n) is 1.77. The molecule has 2 heteroatoms. The van der Waals surface area contributed by atoms with Crippen molar-refractivity contribution in [2.75, 3.05) is 7.05 Å². The number of halogens is 1. The molecule has 9 heavy (non-hydrogen) atoms. The molecule has 0 aromatic heterocycles. The maximum atomic E-state index is 5.65. The maximum absolute atomic E-state index is 5.65. The van der Waals surface area contributed by atoms with Crippen LogP contribution in [0.25, 0.3) is 0 Å². The van der Waals surface area contributed by atoms with Gasteiger partial charge in [-0.2, -0.15) is 0 Å². The predicted octanol–water partition coefficient (Wildman–Crippen LogP) is 2.25. The van der Waals surface area contributed by atoms with Crippen molar-refractivity contribution in [2.24, 2.45) is 0 Å². The molecule has 0 aliphatic heterocycles.